The van der Waals surface area contributed by atoms with E-state index in [0.29, 0.717) is 18.8 Å². The summed E-state index contributed by atoms with van der Waals surface area (Å²) in [5, 5.41) is 2.76. The van der Waals surface area contributed by atoms with Crippen LogP contribution in [0.4, 0.5) is 23.2 Å². The summed E-state index contributed by atoms with van der Waals surface area (Å²) in [4.78, 5) is 1.77. The molecule has 6 heteroatoms. The van der Waals surface area contributed by atoms with E-state index in [1.165, 1.54) is 12.1 Å². The summed E-state index contributed by atoms with van der Waals surface area (Å²) in [6, 6.07) is 3.34. The lowest BCUT2D eigenvalue weighted by Gasteiger charge is -2.35. The fraction of sp³-hybridized carbons (Fsp3) is 0.538. The predicted octanol–water partition coefficient (Wildman–Crippen LogP) is 2.79. The van der Waals surface area contributed by atoms with Crippen LogP contribution in [0.2, 0.25) is 0 Å². The first-order valence-corrected chi connectivity index (χ1v) is 6.28. The van der Waals surface area contributed by atoms with E-state index in [0.717, 1.165) is 18.9 Å². The van der Waals surface area contributed by atoms with Crippen molar-refractivity contribution < 1.29 is 17.6 Å². The van der Waals surface area contributed by atoms with Gasteiger partial charge in [0.15, 0.2) is 0 Å². The molecule has 0 aliphatic carbocycles. The average Bonchev–Trinajstić information content (AvgIpc) is 2.36. The van der Waals surface area contributed by atoms with Gasteiger partial charge in [-0.15, -0.1) is 0 Å². The Balaban J connectivity index is 2.00. The van der Waals surface area contributed by atoms with Crippen LogP contribution in [0.3, 0.4) is 0 Å². The van der Waals surface area contributed by atoms with E-state index in [1.807, 2.05) is 0 Å². The SMILES string of the molecule is Fc1ccc(N2CCCC(NCC(F)F)C2)c(F)c1. The second-order valence-electron chi connectivity index (χ2n) is 4.68. The van der Waals surface area contributed by atoms with Crippen LogP contribution in [0.1, 0.15) is 12.8 Å². The van der Waals surface area contributed by atoms with Gasteiger partial charge in [0.1, 0.15) is 11.6 Å². The molecule has 1 unspecified atom stereocenters. The molecule has 0 spiro atoms. The van der Waals surface area contributed by atoms with E-state index >= 15 is 0 Å². The van der Waals surface area contributed by atoms with Crippen molar-refractivity contribution in [2.24, 2.45) is 0 Å². The maximum Gasteiger partial charge on any atom is 0.250 e. The zero-order valence-corrected chi connectivity index (χ0v) is 10.4. The Bertz CT molecular complexity index is 425. The van der Waals surface area contributed by atoms with E-state index < -0.39 is 18.1 Å². The number of nitrogens with one attached hydrogen (secondary N) is 1. The molecular formula is C13H16F4N2. The van der Waals surface area contributed by atoms with Gasteiger partial charge in [-0.25, -0.2) is 17.6 Å². The molecule has 0 amide bonds. The average molecular weight is 276 g/mol. The summed E-state index contributed by atoms with van der Waals surface area (Å²) < 4.78 is 50.8. The van der Waals surface area contributed by atoms with Gasteiger partial charge < -0.3 is 10.2 Å². The lowest BCUT2D eigenvalue weighted by Crippen LogP contribution is -2.47. The molecule has 2 nitrogen and oxygen atoms in total. The number of hydrogen-bond donors (Lipinski definition) is 1. The van der Waals surface area contributed by atoms with E-state index in [-0.39, 0.29) is 12.6 Å². The summed E-state index contributed by atoms with van der Waals surface area (Å²) in [6.07, 6.45) is -0.818. The number of anilines is 1. The third-order valence-electron chi connectivity index (χ3n) is 3.23. The van der Waals surface area contributed by atoms with Crippen LogP contribution in [0.5, 0.6) is 0 Å². The molecule has 1 saturated heterocycles. The molecule has 1 heterocycles. The zero-order chi connectivity index (χ0) is 13.8. The van der Waals surface area contributed by atoms with Gasteiger partial charge in [0.25, 0.3) is 6.43 Å². The normalized spacial score (nSPS) is 20.1. The van der Waals surface area contributed by atoms with Crippen molar-refractivity contribution in [3.8, 4) is 0 Å². The highest BCUT2D eigenvalue weighted by Crippen LogP contribution is 2.23. The number of benzene rings is 1. The first-order valence-electron chi connectivity index (χ1n) is 6.28. The maximum absolute atomic E-state index is 13.7. The first-order chi connectivity index (χ1) is 9.06. The molecular weight excluding hydrogens is 260 g/mol. The van der Waals surface area contributed by atoms with Crippen LogP contribution >= 0.6 is 0 Å². The number of alkyl halides is 2. The van der Waals surface area contributed by atoms with Gasteiger partial charge in [-0.1, -0.05) is 0 Å². The number of nitrogens with zero attached hydrogens (tertiary/aromatic N) is 1. The van der Waals surface area contributed by atoms with Crippen molar-refractivity contribution in [2.45, 2.75) is 25.3 Å². The zero-order valence-electron chi connectivity index (χ0n) is 10.4. The third-order valence-corrected chi connectivity index (χ3v) is 3.23. The fourth-order valence-electron chi connectivity index (χ4n) is 2.36. The predicted molar refractivity (Wildman–Crippen MR) is 65.6 cm³/mol. The van der Waals surface area contributed by atoms with Crippen molar-refractivity contribution in [3.63, 3.8) is 0 Å². The highest BCUT2D eigenvalue weighted by Gasteiger charge is 2.22. The fourth-order valence-corrected chi connectivity index (χ4v) is 2.36. The van der Waals surface area contributed by atoms with Crippen LogP contribution < -0.4 is 10.2 Å². The lowest BCUT2D eigenvalue weighted by atomic mass is 10.0. The molecule has 1 atom stereocenters. The molecule has 1 aliphatic rings. The Labute approximate surface area is 109 Å². The van der Waals surface area contributed by atoms with Gasteiger partial charge in [-0.05, 0) is 25.0 Å². The van der Waals surface area contributed by atoms with E-state index in [4.69, 9.17) is 0 Å². The largest absolute Gasteiger partial charge is 0.368 e. The molecule has 19 heavy (non-hydrogen) atoms. The maximum atomic E-state index is 13.7. The molecule has 1 aromatic carbocycles. The Kier molecular flexibility index (Phi) is 4.63. The van der Waals surface area contributed by atoms with Gasteiger partial charge in [0.2, 0.25) is 0 Å². The third kappa shape index (κ3) is 3.83. The number of hydrogen-bond acceptors (Lipinski definition) is 2. The number of piperidine rings is 1. The minimum atomic E-state index is -2.39. The Hall–Kier alpha value is -1.30. The molecule has 1 aliphatic heterocycles. The van der Waals surface area contributed by atoms with E-state index in [9.17, 15) is 17.6 Å². The second kappa shape index (κ2) is 6.23. The van der Waals surface area contributed by atoms with Crippen molar-refractivity contribution in [1.82, 2.24) is 5.32 Å². The monoisotopic (exact) mass is 276 g/mol. The summed E-state index contributed by atoms with van der Waals surface area (Å²) in [6.45, 7) is 0.745. The summed E-state index contributed by atoms with van der Waals surface area (Å²) in [5.41, 5.74) is 0.324. The van der Waals surface area contributed by atoms with Crippen molar-refractivity contribution in [3.05, 3.63) is 29.8 Å². The summed E-state index contributed by atoms with van der Waals surface area (Å²) in [7, 11) is 0. The van der Waals surface area contributed by atoms with E-state index in [2.05, 4.69) is 5.32 Å². The van der Waals surface area contributed by atoms with Crippen LogP contribution in [-0.2, 0) is 0 Å². The minimum absolute atomic E-state index is 0.0906. The van der Waals surface area contributed by atoms with Crippen LogP contribution in [0.15, 0.2) is 18.2 Å². The number of rotatable bonds is 4. The molecule has 2 rings (SSSR count). The standard InChI is InChI=1S/C13H16F4N2/c14-9-3-4-12(11(15)6-9)19-5-1-2-10(8-19)18-7-13(16)17/h3-4,6,10,13,18H,1-2,5,7-8H2. The topological polar surface area (TPSA) is 15.3 Å². The molecule has 0 saturated carbocycles. The Morgan fingerprint density at radius 2 is 2.11 bits per heavy atom. The smallest absolute Gasteiger partial charge is 0.250 e. The van der Waals surface area contributed by atoms with Crippen molar-refractivity contribution >= 4 is 5.69 Å². The molecule has 0 aromatic heterocycles. The Morgan fingerprint density at radius 3 is 2.79 bits per heavy atom. The first kappa shape index (κ1) is 14.1. The quantitative estimate of drug-likeness (QED) is 0.851. The van der Waals surface area contributed by atoms with Gasteiger partial charge in [0.05, 0.1) is 12.2 Å². The van der Waals surface area contributed by atoms with E-state index in [1.54, 1.807) is 4.90 Å². The number of halogens is 4. The second-order valence-corrected chi connectivity index (χ2v) is 4.68. The van der Waals surface area contributed by atoms with Crippen LogP contribution in [-0.4, -0.2) is 32.1 Å². The summed E-state index contributed by atoms with van der Waals surface area (Å²) >= 11 is 0. The highest BCUT2D eigenvalue weighted by molar-refractivity contribution is 5.48. The highest BCUT2D eigenvalue weighted by atomic mass is 19.3. The van der Waals surface area contributed by atoms with Crippen molar-refractivity contribution in [2.75, 3.05) is 24.5 Å². The minimum Gasteiger partial charge on any atom is -0.368 e. The molecule has 0 radical (unpaired) electrons. The molecule has 0 bridgehead atoms. The van der Waals surface area contributed by atoms with Gasteiger partial charge in [0, 0.05) is 25.2 Å². The molecule has 1 aromatic rings. The van der Waals surface area contributed by atoms with Gasteiger partial charge >= 0.3 is 0 Å². The molecule has 1 fully saturated rings. The molecule has 106 valence electrons. The van der Waals surface area contributed by atoms with Crippen LogP contribution in [0, 0.1) is 11.6 Å². The van der Waals surface area contributed by atoms with Gasteiger partial charge in [-0.3, -0.25) is 0 Å². The van der Waals surface area contributed by atoms with Crippen LogP contribution in [0.25, 0.3) is 0 Å². The van der Waals surface area contributed by atoms with Gasteiger partial charge in [-0.2, -0.15) is 0 Å². The Morgan fingerprint density at radius 1 is 1.32 bits per heavy atom. The summed E-state index contributed by atoms with van der Waals surface area (Å²) in [5.74, 6) is -1.24. The van der Waals surface area contributed by atoms with Crippen molar-refractivity contribution in [1.29, 1.82) is 0 Å². The lowest BCUT2D eigenvalue weighted by molar-refractivity contribution is 0.140. The molecule has 1 N–H and O–H groups in total.